The monoisotopic (exact) mass is 1480 g/mol. The average molecular weight is 1480 g/mol. The highest BCUT2D eigenvalue weighted by Crippen LogP contribution is 2.52. The van der Waals surface area contributed by atoms with Crippen LogP contribution in [0, 0.1) is 58.7 Å². The lowest BCUT2D eigenvalue weighted by atomic mass is 9.73. The molecule has 109 heavy (non-hydrogen) atoms. The maximum absolute atomic E-state index is 13.1. The lowest BCUT2D eigenvalue weighted by Crippen LogP contribution is -2.47. The van der Waals surface area contributed by atoms with Gasteiger partial charge in [0, 0.05) is 53.9 Å². The summed E-state index contributed by atoms with van der Waals surface area (Å²) in [7, 11) is 8.60. The number of hydrogen-bond acceptors (Lipinski definition) is 12. The summed E-state index contributed by atoms with van der Waals surface area (Å²) in [6, 6.07) is 53.4. The molecule has 0 aromatic heterocycles. The summed E-state index contributed by atoms with van der Waals surface area (Å²) >= 11 is 0. The molecule has 0 N–H and O–H groups in total. The van der Waals surface area contributed by atoms with Gasteiger partial charge in [0.25, 0.3) is 0 Å². The van der Waals surface area contributed by atoms with Gasteiger partial charge >= 0.3 is 0 Å². The summed E-state index contributed by atoms with van der Waals surface area (Å²) in [5, 5.41) is 10.0. The minimum absolute atomic E-state index is 0.0524. The summed E-state index contributed by atoms with van der Waals surface area (Å²) in [5.74, 6) is 15.0. The highest BCUT2D eigenvalue weighted by molar-refractivity contribution is 6.01. The first-order valence-electron chi connectivity index (χ1n) is 43.4. The van der Waals surface area contributed by atoms with Crippen LogP contribution in [-0.4, -0.2) is 144 Å². The molecule has 0 spiro atoms. The van der Waals surface area contributed by atoms with Crippen molar-refractivity contribution < 1.29 is 33.2 Å². The van der Waals surface area contributed by atoms with E-state index in [0.717, 1.165) is 132 Å². The number of ether oxygens (including phenoxy) is 6. The number of carbonyl (C=O) groups excluding carboxylic acids is 1. The van der Waals surface area contributed by atoms with Crippen LogP contribution in [0.2, 0.25) is 0 Å². The Bertz CT molecular complexity index is 3970. The molecule has 4 saturated heterocycles. The van der Waals surface area contributed by atoms with Crippen molar-refractivity contribution in [3.63, 3.8) is 0 Å². The van der Waals surface area contributed by atoms with Crippen molar-refractivity contribution in [2.75, 3.05) is 87.9 Å². The van der Waals surface area contributed by atoms with Crippen LogP contribution in [0.15, 0.2) is 140 Å². The largest absolute Gasteiger partial charge is 0.497 e. The molecular formula is C97H129N5O7. The second-order valence-electron chi connectivity index (χ2n) is 35.6. The van der Waals surface area contributed by atoms with E-state index >= 15 is 0 Å². The Kier molecular flexibility index (Phi) is 25.8. The number of para-hydroxylation sites is 4. The highest BCUT2D eigenvalue weighted by atomic mass is 16.5. The fourth-order valence-electron chi connectivity index (χ4n) is 23.9. The Morgan fingerprint density at radius 2 is 0.826 bits per heavy atom. The van der Waals surface area contributed by atoms with Crippen LogP contribution in [0.3, 0.4) is 0 Å². The topological polar surface area (TPSA) is 109 Å². The number of rotatable bonds is 18. The Balaban J connectivity index is 0.000000116. The average Bonchev–Trinajstić information content (AvgIpc) is 1.67. The maximum atomic E-state index is 13.1. The lowest BCUT2D eigenvalue weighted by Gasteiger charge is -2.42. The number of piperidine rings is 4. The molecule has 12 fully saturated rings. The van der Waals surface area contributed by atoms with Gasteiger partial charge in [-0.05, 0) is 318 Å². The van der Waals surface area contributed by atoms with E-state index in [0.29, 0.717) is 29.1 Å². The lowest BCUT2D eigenvalue weighted by molar-refractivity contribution is 0.0809. The van der Waals surface area contributed by atoms with Crippen LogP contribution >= 0.6 is 0 Å². The quantitative estimate of drug-likeness (QED) is 0.0764. The van der Waals surface area contributed by atoms with Crippen LogP contribution < -0.4 is 28.4 Å². The van der Waals surface area contributed by atoms with E-state index in [-0.39, 0.29) is 11.2 Å². The van der Waals surface area contributed by atoms with Gasteiger partial charge in [-0.2, -0.15) is 5.26 Å². The van der Waals surface area contributed by atoms with Crippen molar-refractivity contribution in [2.24, 2.45) is 47.3 Å². The molecule has 6 aromatic carbocycles. The summed E-state index contributed by atoms with van der Waals surface area (Å²) < 4.78 is 33.9. The smallest absolute Gasteiger partial charge is 0.206 e. The van der Waals surface area contributed by atoms with Gasteiger partial charge in [0.15, 0.2) is 6.10 Å². The van der Waals surface area contributed by atoms with Gasteiger partial charge in [-0.15, -0.1) is 0 Å². The standard InChI is InChI=1S/C28H35NO3.C25H31NO.C22H30N2O.C22H33NO2/c1-19(28(30)24-8-4-5-9-26(24)31-2)32-27-10-6-3-7-23(27)21-13-15-29(16-14-21)25-18-20-11-12-22(25)17-20;1-27-25-9-5-4-8-23(25)22-7-3-2-6-21(22)19-12-14-26(15-13-19)24-17-18-10-11-20(24)16-18;1-25-21-5-3-2-4-20(21)22(16-23)10-12-24(13-11-22)19-9-8-17-6-7-18(14-17)15-19;1-24-20-7-8-22(25-2)21(15-20)18-9-11-23(12-10-18)19-6-5-16-3-4-17(13-16)14-19/h3-10,19-22,25H,11-18H2,1-2H3;2-9,18-20,24H,10-17H2,1H3;2-5,17-19H,6-15H2,1H3;7-8,15-19H,3-6,9-14H2,1-2H3/t19?,20-,22-,25-;18-,20-,24-;;16-,17+,19?/m00.1/s1. The number of likely N-dealkylation sites (tertiary alicyclic amines) is 4. The van der Waals surface area contributed by atoms with Gasteiger partial charge in [-0.1, -0.05) is 130 Å². The molecule has 12 aliphatic rings. The Hall–Kier alpha value is -6.88. The van der Waals surface area contributed by atoms with E-state index < -0.39 is 6.10 Å². The van der Waals surface area contributed by atoms with Gasteiger partial charge < -0.3 is 48.0 Å². The molecule has 8 saturated carbocycles. The zero-order valence-electron chi connectivity index (χ0n) is 67.1. The number of ketones is 1. The Morgan fingerprint density at radius 1 is 0.385 bits per heavy atom. The number of hydrogen-bond donors (Lipinski definition) is 0. The number of methoxy groups -OCH3 is 5. The normalized spacial score (nSPS) is 29.3. The van der Waals surface area contributed by atoms with Crippen LogP contribution in [0.5, 0.6) is 34.5 Å². The van der Waals surface area contributed by atoms with Crippen molar-refractivity contribution in [1.29, 1.82) is 5.26 Å². The van der Waals surface area contributed by atoms with E-state index in [4.69, 9.17) is 28.4 Å². The first kappa shape index (κ1) is 77.4. The van der Waals surface area contributed by atoms with Gasteiger partial charge in [0.2, 0.25) is 5.78 Å². The van der Waals surface area contributed by atoms with Gasteiger partial charge in [0.1, 0.15) is 34.5 Å². The molecule has 0 amide bonds. The van der Waals surface area contributed by atoms with Gasteiger partial charge in [0.05, 0.1) is 52.6 Å². The summed E-state index contributed by atoms with van der Waals surface area (Å²) in [6.07, 6.45) is 38.0. The molecule has 6 aromatic rings. The van der Waals surface area contributed by atoms with Crippen LogP contribution in [0.25, 0.3) is 11.1 Å². The predicted octanol–water partition coefficient (Wildman–Crippen LogP) is 20.8. The number of carbonyl (C=O) groups is 1. The molecule has 584 valence electrons. The van der Waals surface area contributed by atoms with Crippen molar-refractivity contribution in [3.8, 4) is 51.7 Å². The van der Waals surface area contributed by atoms with E-state index in [1.165, 1.54) is 234 Å². The second-order valence-corrected chi connectivity index (χ2v) is 35.6. The highest BCUT2D eigenvalue weighted by Gasteiger charge is 2.46. The molecule has 12 heteroatoms. The summed E-state index contributed by atoms with van der Waals surface area (Å²) in [6.45, 7) is 11.3. The molecule has 13 atom stereocenters. The van der Waals surface area contributed by atoms with E-state index in [1.807, 2.05) is 61.5 Å². The van der Waals surface area contributed by atoms with Crippen molar-refractivity contribution >= 4 is 5.78 Å². The van der Waals surface area contributed by atoms with Crippen molar-refractivity contribution in [1.82, 2.24) is 19.6 Å². The molecule has 4 heterocycles. The number of benzene rings is 6. The van der Waals surface area contributed by atoms with E-state index in [2.05, 4.69) is 105 Å². The fraction of sp³-hybridized carbons (Fsp3) is 0.608. The van der Waals surface area contributed by atoms with Crippen LogP contribution in [0.4, 0.5) is 0 Å². The Morgan fingerprint density at radius 3 is 1.37 bits per heavy atom. The van der Waals surface area contributed by atoms with Crippen molar-refractivity contribution in [2.45, 2.75) is 240 Å². The minimum atomic E-state index is -0.568. The predicted molar refractivity (Wildman–Crippen MR) is 439 cm³/mol. The zero-order chi connectivity index (χ0) is 74.8. The molecule has 18 rings (SSSR count). The summed E-state index contributed by atoms with van der Waals surface area (Å²) in [4.78, 5) is 24.2. The Labute approximate surface area is 654 Å². The minimum Gasteiger partial charge on any atom is -0.497 e. The van der Waals surface area contributed by atoms with E-state index in [9.17, 15) is 10.1 Å². The molecular weight excluding hydrogens is 1350 g/mol. The summed E-state index contributed by atoms with van der Waals surface area (Å²) in [5.41, 5.74) is 7.95. The SMILES string of the molecule is COc1ccc(OC)c(C2CCN(C3CC[C@H]4CC[C@H](C3)C4)CC2)c1.COc1ccccc1-c1ccccc1C1CCN([C@H]2C[C@H]3CC[C@H]2C3)CC1.COc1ccccc1C(=O)C(C)Oc1ccccc1C1CCN([C@H]2C[C@H]3CC[C@H]2C3)CC1.COc1ccccc1C1(C#N)CCN(C2CCC3CCC(C3)C2)CC1. The fourth-order valence-corrected chi connectivity index (χ4v) is 23.9. The molecule has 5 unspecified atom stereocenters. The molecule has 4 aliphatic heterocycles. The van der Waals surface area contributed by atoms with Crippen LogP contribution in [-0.2, 0) is 5.41 Å². The van der Waals surface area contributed by atoms with Gasteiger partial charge in [-0.3, -0.25) is 4.79 Å². The van der Waals surface area contributed by atoms with Gasteiger partial charge in [-0.25, -0.2) is 0 Å². The number of fused-ring (bicyclic) bond motifs is 8. The van der Waals surface area contributed by atoms with Crippen LogP contribution in [0.1, 0.15) is 237 Å². The molecule has 8 bridgehead atoms. The maximum Gasteiger partial charge on any atom is 0.206 e. The first-order chi connectivity index (χ1) is 53.5. The number of nitrogens with zero attached hydrogens (tertiary/aromatic N) is 5. The second kappa shape index (κ2) is 36.3. The van der Waals surface area contributed by atoms with E-state index in [1.54, 1.807) is 41.6 Å². The molecule has 0 radical (unpaired) electrons. The van der Waals surface area contributed by atoms with Crippen molar-refractivity contribution in [3.05, 3.63) is 167 Å². The third-order valence-electron chi connectivity index (χ3n) is 29.9. The zero-order valence-corrected chi connectivity index (χ0v) is 67.1. The molecule has 8 aliphatic carbocycles. The first-order valence-corrected chi connectivity index (χ1v) is 43.4. The molecule has 12 nitrogen and oxygen atoms in total. The number of Topliss-reactive ketones (excluding diaryl/α,β-unsaturated/α-hetero) is 1. The number of nitriles is 1. The third-order valence-corrected chi connectivity index (χ3v) is 29.9. The third kappa shape index (κ3) is 17.8.